The van der Waals surface area contributed by atoms with Gasteiger partial charge in [-0.1, -0.05) is 72.7 Å². The fourth-order valence-electron chi connectivity index (χ4n) is 2.44. The predicted molar refractivity (Wildman–Crippen MR) is 102 cm³/mol. The second kappa shape index (κ2) is 9.19. The summed E-state index contributed by atoms with van der Waals surface area (Å²) in [5.74, 6) is 2.45. The van der Waals surface area contributed by atoms with Crippen LogP contribution in [0.1, 0.15) is 11.1 Å². The molecule has 0 aliphatic rings. The van der Waals surface area contributed by atoms with E-state index in [1.54, 1.807) is 6.08 Å². The van der Waals surface area contributed by atoms with Gasteiger partial charge in [-0.15, -0.1) is 13.0 Å². The lowest BCUT2D eigenvalue weighted by Gasteiger charge is -2.28. The van der Waals surface area contributed by atoms with Gasteiger partial charge in [-0.3, -0.25) is 0 Å². The monoisotopic (exact) mass is 354 g/mol. The molecule has 0 heterocycles. The third kappa shape index (κ3) is 5.30. The van der Waals surface area contributed by atoms with Crippen molar-refractivity contribution in [1.82, 2.24) is 8.61 Å². The first-order valence-corrected chi connectivity index (χ1v) is 9.35. The molecule has 2 aromatic rings. The summed E-state index contributed by atoms with van der Waals surface area (Å²) >= 11 is 0. The zero-order chi connectivity index (χ0) is 18.1. The van der Waals surface area contributed by atoms with Crippen LogP contribution in [0.2, 0.25) is 0 Å². The molecule has 25 heavy (non-hydrogen) atoms. The zero-order valence-corrected chi connectivity index (χ0v) is 14.9. The van der Waals surface area contributed by atoms with Gasteiger partial charge in [0.1, 0.15) is 0 Å². The average molecular weight is 354 g/mol. The fourth-order valence-corrected chi connectivity index (χ4v) is 3.93. The summed E-state index contributed by atoms with van der Waals surface area (Å²) in [6, 6.07) is 18.9. The number of hydrogen-bond donors (Lipinski definition) is 0. The van der Waals surface area contributed by atoms with Gasteiger partial charge in [-0.2, -0.15) is 17.0 Å². The van der Waals surface area contributed by atoms with E-state index in [2.05, 4.69) is 12.5 Å². The Labute approximate surface area is 150 Å². The third-order valence-corrected chi connectivity index (χ3v) is 5.50. The second-order valence-corrected chi connectivity index (χ2v) is 7.46. The lowest BCUT2D eigenvalue weighted by Crippen LogP contribution is -2.43. The summed E-state index contributed by atoms with van der Waals surface area (Å²) in [4.78, 5) is 0. The minimum Gasteiger partial charge on any atom is -0.195 e. The summed E-state index contributed by atoms with van der Waals surface area (Å²) in [6.07, 6.45) is 6.99. The maximum Gasteiger partial charge on any atom is 0.283 e. The third-order valence-electron chi connectivity index (χ3n) is 3.66. The van der Waals surface area contributed by atoms with E-state index >= 15 is 0 Å². The van der Waals surface area contributed by atoms with E-state index in [9.17, 15) is 8.42 Å². The Hall–Kier alpha value is -2.39. The van der Waals surface area contributed by atoms with Gasteiger partial charge < -0.3 is 0 Å². The van der Waals surface area contributed by atoms with E-state index in [1.807, 2.05) is 60.7 Å². The van der Waals surface area contributed by atoms with E-state index in [1.165, 1.54) is 8.61 Å². The van der Waals surface area contributed by atoms with Gasteiger partial charge in [0.05, 0.1) is 6.54 Å². The fraction of sp³-hybridized carbons (Fsp3) is 0.200. The molecule has 0 N–H and O–H groups in total. The van der Waals surface area contributed by atoms with Crippen molar-refractivity contribution in [2.45, 2.75) is 13.1 Å². The summed E-state index contributed by atoms with van der Waals surface area (Å²) in [6.45, 7) is 4.41. The van der Waals surface area contributed by atoms with Crippen LogP contribution in [0.15, 0.2) is 73.3 Å². The molecular weight excluding hydrogens is 332 g/mol. The molecule has 0 aliphatic carbocycles. The molecule has 0 aromatic heterocycles. The average Bonchev–Trinajstić information content (AvgIpc) is 2.63. The lowest BCUT2D eigenvalue weighted by molar-refractivity contribution is 0.358. The molecular formula is C20H22N2O2S. The number of nitrogens with zero attached hydrogens (tertiary/aromatic N) is 2. The number of rotatable bonds is 9. The molecule has 0 bridgehead atoms. The van der Waals surface area contributed by atoms with E-state index in [0.29, 0.717) is 0 Å². The highest BCUT2D eigenvalue weighted by Gasteiger charge is 2.28. The van der Waals surface area contributed by atoms with E-state index < -0.39 is 10.2 Å². The molecule has 0 spiro atoms. The van der Waals surface area contributed by atoms with Crippen molar-refractivity contribution in [2.75, 3.05) is 13.1 Å². The molecule has 2 aromatic carbocycles. The van der Waals surface area contributed by atoms with Crippen LogP contribution >= 0.6 is 0 Å². The molecule has 0 saturated carbocycles. The van der Waals surface area contributed by atoms with Crippen LogP contribution in [-0.4, -0.2) is 30.1 Å². The second-order valence-electron chi connectivity index (χ2n) is 5.53. The van der Waals surface area contributed by atoms with Crippen molar-refractivity contribution in [3.8, 4) is 12.3 Å². The van der Waals surface area contributed by atoms with Crippen LogP contribution in [0, 0.1) is 12.3 Å². The van der Waals surface area contributed by atoms with E-state index in [-0.39, 0.29) is 26.2 Å². The molecule has 0 amide bonds. The first-order chi connectivity index (χ1) is 12.1. The van der Waals surface area contributed by atoms with Gasteiger partial charge in [-0.25, -0.2) is 0 Å². The summed E-state index contributed by atoms with van der Waals surface area (Å²) in [5.41, 5.74) is 1.80. The molecule has 0 fully saturated rings. The molecule has 4 nitrogen and oxygen atoms in total. The topological polar surface area (TPSA) is 40.6 Å². The minimum absolute atomic E-state index is 0.0136. The normalized spacial score (nSPS) is 11.4. The Morgan fingerprint density at radius 1 is 0.920 bits per heavy atom. The predicted octanol–water partition coefficient (Wildman–Crippen LogP) is 3.05. The maximum atomic E-state index is 13.1. The molecule has 0 atom stereocenters. The molecule has 5 heteroatoms. The van der Waals surface area contributed by atoms with Crippen LogP contribution in [0.3, 0.4) is 0 Å². The number of benzene rings is 2. The quantitative estimate of drug-likeness (QED) is 0.513. The van der Waals surface area contributed by atoms with Gasteiger partial charge >= 0.3 is 0 Å². The van der Waals surface area contributed by atoms with Crippen molar-refractivity contribution in [2.24, 2.45) is 0 Å². The molecule has 0 radical (unpaired) electrons. The first-order valence-electron chi connectivity index (χ1n) is 7.95. The highest BCUT2D eigenvalue weighted by molar-refractivity contribution is 7.86. The van der Waals surface area contributed by atoms with Crippen LogP contribution < -0.4 is 0 Å². The van der Waals surface area contributed by atoms with E-state index in [4.69, 9.17) is 6.42 Å². The molecule has 2 rings (SSSR count). The smallest absolute Gasteiger partial charge is 0.195 e. The molecule has 130 valence electrons. The van der Waals surface area contributed by atoms with E-state index in [0.717, 1.165) is 11.1 Å². The molecule has 0 saturated heterocycles. The largest absolute Gasteiger partial charge is 0.283 e. The Bertz CT molecular complexity index is 812. The molecule has 0 aliphatic heterocycles. The van der Waals surface area contributed by atoms with Gasteiger partial charge in [0, 0.05) is 19.6 Å². The van der Waals surface area contributed by atoms with Crippen molar-refractivity contribution < 1.29 is 8.42 Å². The van der Waals surface area contributed by atoms with Crippen LogP contribution in [0.5, 0.6) is 0 Å². The van der Waals surface area contributed by atoms with Gasteiger partial charge in [0.2, 0.25) is 0 Å². The Kier molecular flexibility index (Phi) is 6.96. The van der Waals surface area contributed by atoms with Crippen molar-refractivity contribution in [1.29, 1.82) is 0 Å². The van der Waals surface area contributed by atoms with Crippen LogP contribution in [0.25, 0.3) is 0 Å². The van der Waals surface area contributed by atoms with Crippen LogP contribution in [-0.2, 0) is 23.3 Å². The Morgan fingerprint density at radius 2 is 1.40 bits per heavy atom. The van der Waals surface area contributed by atoms with Gasteiger partial charge in [0.15, 0.2) is 0 Å². The summed E-state index contributed by atoms with van der Waals surface area (Å²) < 4.78 is 29.0. The van der Waals surface area contributed by atoms with Crippen molar-refractivity contribution >= 4 is 10.2 Å². The summed E-state index contributed by atoms with van der Waals surface area (Å²) in [7, 11) is -3.73. The van der Waals surface area contributed by atoms with Gasteiger partial charge in [-0.05, 0) is 11.1 Å². The van der Waals surface area contributed by atoms with Crippen molar-refractivity contribution in [3.63, 3.8) is 0 Å². The van der Waals surface area contributed by atoms with Gasteiger partial charge in [0.25, 0.3) is 10.2 Å². The first kappa shape index (κ1) is 18.9. The SMILES string of the molecule is C#CCN(Cc1ccccc1)S(=O)(=O)N(CC=C)Cc1ccccc1. The lowest BCUT2D eigenvalue weighted by atomic mass is 10.2. The zero-order valence-electron chi connectivity index (χ0n) is 14.1. The highest BCUT2D eigenvalue weighted by atomic mass is 32.2. The Morgan fingerprint density at radius 3 is 1.84 bits per heavy atom. The standard InChI is InChI=1S/C20H22N2O2S/c1-3-15-21(17-19-11-7-5-8-12-19)25(23,24)22(16-4-2)18-20-13-9-6-10-14-20/h1,4-14H,2,15-18H2. The number of terminal acetylenes is 1. The molecule has 0 unspecified atom stereocenters. The minimum atomic E-state index is -3.73. The van der Waals surface area contributed by atoms with Crippen molar-refractivity contribution in [3.05, 3.63) is 84.4 Å². The number of hydrogen-bond acceptors (Lipinski definition) is 2. The highest BCUT2D eigenvalue weighted by Crippen LogP contribution is 2.16. The maximum absolute atomic E-state index is 13.1. The van der Waals surface area contributed by atoms with Crippen LogP contribution in [0.4, 0.5) is 0 Å². The Balaban J connectivity index is 2.27. The summed E-state index contributed by atoms with van der Waals surface area (Å²) in [5, 5.41) is 0.